The number of nitrogens with one attached hydrogen (secondary N) is 1. The maximum absolute atomic E-state index is 6.68. The van der Waals surface area contributed by atoms with Crippen LogP contribution in [0.2, 0.25) is 5.02 Å². The lowest BCUT2D eigenvalue weighted by Gasteiger charge is -2.46. The van der Waals surface area contributed by atoms with E-state index in [0.717, 1.165) is 17.5 Å². The van der Waals surface area contributed by atoms with E-state index in [4.69, 9.17) is 11.6 Å². The molecule has 1 aromatic heterocycles. The first-order chi connectivity index (χ1) is 14.5. The second kappa shape index (κ2) is 7.43. The number of H-pyrrole nitrogens is 1. The number of hydrogen-bond acceptors (Lipinski definition) is 0. The van der Waals surface area contributed by atoms with Crippen molar-refractivity contribution in [2.45, 2.75) is 64.3 Å². The van der Waals surface area contributed by atoms with E-state index >= 15 is 0 Å². The van der Waals surface area contributed by atoms with E-state index in [1.54, 1.807) is 0 Å². The summed E-state index contributed by atoms with van der Waals surface area (Å²) in [6, 6.07) is 17.2. The number of halogens is 1. The average Bonchev–Trinajstić information content (AvgIpc) is 3.16. The molecule has 2 aromatic carbocycles. The zero-order valence-corrected chi connectivity index (χ0v) is 19.2. The van der Waals surface area contributed by atoms with Crippen LogP contribution in [0.15, 0.2) is 48.5 Å². The summed E-state index contributed by atoms with van der Waals surface area (Å²) in [5, 5.41) is 4.91. The van der Waals surface area contributed by atoms with E-state index in [9.17, 15) is 0 Å². The Bertz CT molecular complexity index is 1060. The maximum Gasteiger partial charge on any atom is 0.137 e. The molecule has 0 unspecified atom stereocenters. The minimum Gasteiger partial charge on any atom is -0.353 e. The molecule has 3 aromatic rings. The van der Waals surface area contributed by atoms with Crippen LogP contribution in [0.25, 0.3) is 10.9 Å². The zero-order chi connectivity index (χ0) is 20.9. The minimum atomic E-state index is 0.187. The summed E-state index contributed by atoms with van der Waals surface area (Å²) < 4.78 is 0. The van der Waals surface area contributed by atoms with Crippen LogP contribution in [-0.4, -0.2) is 11.5 Å². The molecule has 3 heteroatoms. The summed E-state index contributed by atoms with van der Waals surface area (Å²) in [5.41, 5.74) is 6.12. The number of quaternary nitrogens is 1. The summed E-state index contributed by atoms with van der Waals surface area (Å²) >= 11 is 6.68. The van der Waals surface area contributed by atoms with Gasteiger partial charge in [-0.1, -0.05) is 75.2 Å². The Labute approximate surface area is 185 Å². The number of aromatic amines is 1. The van der Waals surface area contributed by atoms with Gasteiger partial charge in [0, 0.05) is 34.3 Å². The average molecular weight is 422 g/mol. The van der Waals surface area contributed by atoms with Crippen molar-refractivity contribution in [1.29, 1.82) is 0 Å². The van der Waals surface area contributed by atoms with Crippen LogP contribution in [0.4, 0.5) is 0 Å². The summed E-state index contributed by atoms with van der Waals surface area (Å²) in [6.45, 7) is 8.34. The summed E-state index contributed by atoms with van der Waals surface area (Å²) in [5.74, 6) is 1.16. The third-order valence-electron chi connectivity index (χ3n) is 8.51. The molecule has 2 heterocycles. The van der Waals surface area contributed by atoms with Crippen LogP contribution in [0, 0.1) is 11.3 Å². The molecule has 2 aliphatic rings. The second-order valence-corrected chi connectivity index (χ2v) is 10.7. The first-order valence-electron chi connectivity index (χ1n) is 11.6. The van der Waals surface area contributed by atoms with Crippen molar-refractivity contribution in [1.82, 2.24) is 4.98 Å². The monoisotopic (exact) mass is 421 g/mol. The normalized spacial score (nSPS) is 26.8. The Morgan fingerprint density at radius 3 is 2.50 bits per heavy atom. The molecular formula is C27H34ClN2+. The highest BCUT2D eigenvalue weighted by Gasteiger charge is 2.49. The van der Waals surface area contributed by atoms with Gasteiger partial charge in [0.1, 0.15) is 5.54 Å². The molecule has 2 nitrogen and oxygen atoms in total. The highest BCUT2D eigenvalue weighted by atomic mass is 35.5. The van der Waals surface area contributed by atoms with Crippen LogP contribution >= 0.6 is 11.6 Å². The Balaban J connectivity index is 1.59. The standard InChI is InChI=1S/C27H33ClN2/c1-4-26(2,3)18-13-15-27(16-14-18)25-24(20-10-6-8-12-23(20)30-25)21(17-29-27)19-9-5-7-11-22(19)28/h5-12,18,21,29-30H,4,13-17H2,1-3H3/p+1/t18?,21-,27?/m1/s1. The van der Waals surface area contributed by atoms with Crippen LogP contribution in [0.5, 0.6) is 0 Å². The van der Waals surface area contributed by atoms with Gasteiger partial charge in [-0.15, -0.1) is 0 Å². The van der Waals surface area contributed by atoms with E-state index in [1.807, 2.05) is 12.1 Å². The highest BCUT2D eigenvalue weighted by molar-refractivity contribution is 6.31. The molecule has 1 aliphatic heterocycles. The molecule has 1 atom stereocenters. The number of benzene rings is 2. The molecular weight excluding hydrogens is 388 g/mol. The van der Waals surface area contributed by atoms with Gasteiger partial charge in [0.25, 0.3) is 0 Å². The summed E-state index contributed by atoms with van der Waals surface area (Å²) in [6.07, 6.45) is 6.43. The van der Waals surface area contributed by atoms with Gasteiger partial charge in [0.15, 0.2) is 0 Å². The van der Waals surface area contributed by atoms with Gasteiger partial charge in [-0.3, -0.25) is 0 Å². The number of fused-ring (bicyclic) bond motifs is 4. The summed E-state index contributed by atoms with van der Waals surface area (Å²) in [7, 11) is 0. The van der Waals surface area contributed by atoms with Gasteiger partial charge in [-0.05, 0) is 41.9 Å². The number of rotatable bonds is 3. The lowest BCUT2D eigenvalue weighted by Crippen LogP contribution is -2.97. The van der Waals surface area contributed by atoms with Crippen molar-refractivity contribution in [2.75, 3.05) is 6.54 Å². The Hall–Kier alpha value is -1.77. The smallest absolute Gasteiger partial charge is 0.137 e. The van der Waals surface area contributed by atoms with Crippen molar-refractivity contribution >= 4 is 22.5 Å². The minimum absolute atomic E-state index is 0.187. The summed E-state index contributed by atoms with van der Waals surface area (Å²) in [4.78, 5) is 3.89. The molecule has 30 heavy (non-hydrogen) atoms. The topological polar surface area (TPSA) is 32.4 Å². The molecule has 0 bridgehead atoms. The van der Waals surface area contributed by atoms with E-state index in [1.165, 1.54) is 59.8 Å². The molecule has 5 rings (SSSR count). The van der Waals surface area contributed by atoms with Crippen LogP contribution in [-0.2, 0) is 5.54 Å². The predicted molar refractivity (Wildman–Crippen MR) is 126 cm³/mol. The second-order valence-electron chi connectivity index (χ2n) is 10.2. The fraction of sp³-hybridized carbons (Fsp3) is 0.481. The lowest BCUT2D eigenvalue weighted by atomic mass is 9.63. The quantitative estimate of drug-likeness (QED) is 0.493. The molecule has 0 amide bonds. The largest absolute Gasteiger partial charge is 0.353 e. The maximum atomic E-state index is 6.68. The van der Waals surface area contributed by atoms with Gasteiger partial charge in [-0.25, -0.2) is 0 Å². The number of hydrogen-bond donors (Lipinski definition) is 2. The molecule has 1 spiro atoms. The van der Waals surface area contributed by atoms with Crippen LogP contribution in [0.1, 0.15) is 75.6 Å². The van der Waals surface area contributed by atoms with Gasteiger partial charge in [-0.2, -0.15) is 0 Å². The van der Waals surface area contributed by atoms with Gasteiger partial charge in [0.05, 0.1) is 18.2 Å². The van der Waals surface area contributed by atoms with Crippen molar-refractivity contribution in [3.8, 4) is 0 Å². The first kappa shape index (κ1) is 20.2. The van der Waals surface area contributed by atoms with Crippen molar-refractivity contribution in [3.63, 3.8) is 0 Å². The van der Waals surface area contributed by atoms with Crippen molar-refractivity contribution in [2.24, 2.45) is 11.3 Å². The predicted octanol–water partition coefficient (Wildman–Crippen LogP) is 6.35. The first-order valence-corrected chi connectivity index (χ1v) is 12.0. The molecule has 0 saturated heterocycles. The van der Waals surface area contributed by atoms with Crippen molar-refractivity contribution in [3.05, 3.63) is 70.4 Å². The SMILES string of the molecule is CCC(C)(C)C1CCC2(CC1)[NH2+]C[C@H](c1ccccc1Cl)c1c2[nH]c2ccccc12. The fourth-order valence-electron chi connectivity index (χ4n) is 6.18. The molecule has 1 aliphatic carbocycles. The van der Waals surface area contributed by atoms with Gasteiger partial charge in [0.2, 0.25) is 0 Å². The zero-order valence-electron chi connectivity index (χ0n) is 18.5. The van der Waals surface area contributed by atoms with Gasteiger partial charge >= 0.3 is 0 Å². The highest BCUT2D eigenvalue weighted by Crippen LogP contribution is 2.49. The van der Waals surface area contributed by atoms with Crippen LogP contribution in [0.3, 0.4) is 0 Å². The Morgan fingerprint density at radius 1 is 1.07 bits per heavy atom. The van der Waals surface area contributed by atoms with E-state index in [0.29, 0.717) is 11.3 Å². The number of nitrogens with two attached hydrogens (primary N) is 1. The van der Waals surface area contributed by atoms with E-state index in [-0.39, 0.29) is 5.54 Å². The third kappa shape index (κ3) is 3.11. The number of aromatic nitrogens is 1. The Kier molecular flexibility index (Phi) is 4.99. The third-order valence-corrected chi connectivity index (χ3v) is 8.86. The fourth-order valence-corrected chi connectivity index (χ4v) is 6.45. The molecule has 1 fully saturated rings. The van der Waals surface area contributed by atoms with Crippen molar-refractivity contribution < 1.29 is 5.32 Å². The molecule has 1 saturated carbocycles. The van der Waals surface area contributed by atoms with E-state index < -0.39 is 0 Å². The van der Waals surface area contributed by atoms with E-state index in [2.05, 4.69) is 67.5 Å². The Morgan fingerprint density at radius 2 is 1.77 bits per heavy atom. The number of para-hydroxylation sites is 1. The molecule has 158 valence electrons. The molecule has 0 radical (unpaired) electrons. The lowest BCUT2D eigenvalue weighted by molar-refractivity contribution is -0.746. The van der Waals surface area contributed by atoms with Crippen LogP contribution < -0.4 is 5.32 Å². The molecule has 3 N–H and O–H groups in total. The van der Waals surface area contributed by atoms with Gasteiger partial charge < -0.3 is 10.3 Å².